The quantitative estimate of drug-likeness (QED) is 0.654. The molecule has 0 aliphatic heterocycles. The van der Waals surface area contributed by atoms with Gasteiger partial charge in [-0.3, -0.25) is 10.1 Å². The smallest absolute Gasteiger partial charge is 0.314 e. The zero-order chi connectivity index (χ0) is 14.0. The minimum absolute atomic E-state index is 0.0624. The lowest BCUT2D eigenvalue weighted by Gasteiger charge is -2.06. The van der Waals surface area contributed by atoms with E-state index in [1.807, 2.05) is 0 Å². The van der Waals surface area contributed by atoms with Crippen molar-refractivity contribution in [3.05, 3.63) is 38.9 Å². The molecule has 3 N–H and O–H groups in total. The number of benzene rings is 1. The van der Waals surface area contributed by atoms with Gasteiger partial charge in [0.15, 0.2) is 10.9 Å². The first-order valence-corrected chi connectivity index (χ1v) is 6.13. The van der Waals surface area contributed by atoms with E-state index >= 15 is 0 Å². The van der Waals surface area contributed by atoms with Gasteiger partial charge < -0.3 is 15.6 Å². The lowest BCUT2D eigenvalue weighted by Crippen LogP contribution is -1.96. The number of hydrogen-bond donors (Lipinski definition) is 2. The summed E-state index contributed by atoms with van der Waals surface area (Å²) in [7, 11) is 1.34. The molecular formula is C11H11N3O4S. The van der Waals surface area contributed by atoms with Crippen LogP contribution in [-0.4, -0.2) is 22.1 Å². The number of nitrogens with zero attached hydrogens (tertiary/aromatic N) is 2. The molecule has 0 aliphatic rings. The van der Waals surface area contributed by atoms with Gasteiger partial charge in [-0.25, -0.2) is 4.98 Å². The van der Waals surface area contributed by atoms with Gasteiger partial charge in [-0.15, -0.1) is 11.3 Å². The highest BCUT2D eigenvalue weighted by molar-refractivity contribution is 7.13. The standard InChI is InChI=1S/C11H11N3O4S/c1-18-9-4-6(2-7-5-19-11(12)13-7)3-8(10(9)15)14(16)17/h3-5,15H,2H2,1H3,(H2,12,13). The van der Waals surface area contributed by atoms with Gasteiger partial charge in [0, 0.05) is 17.9 Å². The first-order valence-electron chi connectivity index (χ1n) is 5.25. The molecule has 2 aromatic rings. The van der Waals surface area contributed by atoms with E-state index in [4.69, 9.17) is 10.5 Å². The zero-order valence-corrected chi connectivity index (χ0v) is 10.8. The summed E-state index contributed by atoms with van der Waals surface area (Å²) in [6.45, 7) is 0. The predicted octanol–water partition coefficient (Wildman–Crippen LogP) is 1.94. The van der Waals surface area contributed by atoms with Crippen molar-refractivity contribution in [2.75, 3.05) is 12.8 Å². The number of nitrogens with two attached hydrogens (primary N) is 1. The van der Waals surface area contributed by atoms with Crippen LogP contribution in [0.4, 0.5) is 10.8 Å². The van der Waals surface area contributed by atoms with E-state index < -0.39 is 16.4 Å². The van der Waals surface area contributed by atoms with E-state index in [2.05, 4.69) is 4.98 Å². The average Bonchev–Trinajstić information content (AvgIpc) is 2.76. The van der Waals surface area contributed by atoms with E-state index in [0.29, 0.717) is 22.8 Å². The summed E-state index contributed by atoms with van der Waals surface area (Å²) in [5.74, 6) is -0.415. The second kappa shape index (κ2) is 5.11. The van der Waals surface area contributed by atoms with E-state index in [-0.39, 0.29) is 5.75 Å². The molecule has 100 valence electrons. The number of aromatic nitrogens is 1. The zero-order valence-electron chi connectivity index (χ0n) is 9.99. The van der Waals surface area contributed by atoms with Crippen molar-refractivity contribution in [1.82, 2.24) is 4.98 Å². The highest BCUT2D eigenvalue weighted by atomic mass is 32.1. The summed E-state index contributed by atoms with van der Waals surface area (Å²) < 4.78 is 4.92. The number of rotatable bonds is 4. The fraction of sp³-hybridized carbons (Fsp3) is 0.182. The number of nitro benzene ring substituents is 1. The Balaban J connectivity index is 2.40. The Labute approximate surface area is 112 Å². The Morgan fingerprint density at radius 2 is 2.32 bits per heavy atom. The van der Waals surface area contributed by atoms with Gasteiger partial charge >= 0.3 is 5.69 Å². The SMILES string of the molecule is COc1cc(Cc2csc(N)n2)cc([N+](=O)[O-])c1O. The van der Waals surface area contributed by atoms with Crippen molar-refractivity contribution in [2.45, 2.75) is 6.42 Å². The molecule has 0 fully saturated rings. The number of phenols is 1. The molecule has 8 heteroatoms. The molecule has 0 saturated heterocycles. The van der Waals surface area contributed by atoms with Crippen LogP contribution in [-0.2, 0) is 6.42 Å². The van der Waals surface area contributed by atoms with E-state index in [0.717, 1.165) is 0 Å². The number of ether oxygens (including phenoxy) is 1. The van der Waals surface area contributed by atoms with Crippen LogP contribution in [0.3, 0.4) is 0 Å². The van der Waals surface area contributed by atoms with Gasteiger partial charge in [0.25, 0.3) is 0 Å². The van der Waals surface area contributed by atoms with Crippen molar-refractivity contribution in [2.24, 2.45) is 0 Å². The van der Waals surface area contributed by atoms with Crippen molar-refractivity contribution in [3.63, 3.8) is 0 Å². The van der Waals surface area contributed by atoms with Gasteiger partial charge in [0.05, 0.1) is 17.7 Å². The van der Waals surface area contributed by atoms with Crippen molar-refractivity contribution in [3.8, 4) is 11.5 Å². The highest BCUT2D eigenvalue weighted by Crippen LogP contribution is 2.37. The summed E-state index contributed by atoms with van der Waals surface area (Å²) in [6, 6.07) is 2.84. The van der Waals surface area contributed by atoms with Crippen LogP contribution < -0.4 is 10.5 Å². The third-order valence-corrected chi connectivity index (χ3v) is 3.21. The van der Waals surface area contributed by atoms with Crippen molar-refractivity contribution < 1.29 is 14.8 Å². The maximum atomic E-state index is 10.9. The number of anilines is 1. The average molecular weight is 281 g/mol. The van der Waals surface area contributed by atoms with Gasteiger partial charge in [0.2, 0.25) is 5.75 Å². The Morgan fingerprint density at radius 1 is 1.58 bits per heavy atom. The molecular weight excluding hydrogens is 270 g/mol. The number of hydrogen-bond acceptors (Lipinski definition) is 7. The fourth-order valence-electron chi connectivity index (χ4n) is 1.66. The van der Waals surface area contributed by atoms with Gasteiger partial charge in [-0.05, 0) is 11.6 Å². The van der Waals surface area contributed by atoms with Crippen LogP contribution in [0.5, 0.6) is 11.5 Å². The number of aromatic hydroxyl groups is 1. The molecule has 1 aromatic heterocycles. The summed E-state index contributed by atoms with van der Waals surface area (Å²) in [5.41, 5.74) is 6.46. The number of thiazole rings is 1. The van der Waals surface area contributed by atoms with Crippen LogP contribution in [0.15, 0.2) is 17.5 Å². The van der Waals surface area contributed by atoms with Crippen molar-refractivity contribution in [1.29, 1.82) is 0 Å². The molecule has 7 nitrogen and oxygen atoms in total. The van der Waals surface area contributed by atoms with Crippen LogP contribution in [0.2, 0.25) is 0 Å². The summed E-state index contributed by atoms with van der Waals surface area (Å²) in [6.07, 6.45) is 0.380. The fourth-order valence-corrected chi connectivity index (χ4v) is 2.22. The summed E-state index contributed by atoms with van der Waals surface area (Å²) >= 11 is 1.30. The molecule has 0 spiro atoms. The molecule has 0 unspecified atom stereocenters. The lowest BCUT2D eigenvalue weighted by molar-refractivity contribution is -0.386. The van der Waals surface area contributed by atoms with Gasteiger partial charge in [-0.1, -0.05) is 0 Å². The largest absolute Gasteiger partial charge is 0.500 e. The summed E-state index contributed by atoms with van der Waals surface area (Å²) in [5, 5.41) is 22.7. The number of nitrogen functional groups attached to an aromatic ring is 1. The van der Waals surface area contributed by atoms with Gasteiger partial charge in [0.1, 0.15) is 0 Å². The Kier molecular flexibility index (Phi) is 3.52. The third kappa shape index (κ3) is 2.74. The topological polar surface area (TPSA) is 112 Å². The maximum absolute atomic E-state index is 10.9. The first-order chi connectivity index (χ1) is 9.01. The second-order valence-electron chi connectivity index (χ2n) is 3.78. The first kappa shape index (κ1) is 13.1. The predicted molar refractivity (Wildman–Crippen MR) is 70.6 cm³/mol. The minimum Gasteiger partial charge on any atom is -0.500 e. The molecule has 1 heterocycles. The number of nitro groups is 1. The normalized spacial score (nSPS) is 10.4. The van der Waals surface area contributed by atoms with E-state index in [9.17, 15) is 15.2 Å². The highest BCUT2D eigenvalue weighted by Gasteiger charge is 2.20. The van der Waals surface area contributed by atoms with Gasteiger partial charge in [-0.2, -0.15) is 0 Å². The molecule has 0 bridgehead atoms. The van der Waals surface area contributed by atoms with Crippen LogP contribution in [0.1, 0.15) is 11.3 Å². The molecule has 1 aromatic carbocycles. The monoisotopic (exact) mass is 281 g/mol. The number of phenolic OH excluding ortho intramolecular Hbond substituents is 1. The molecule has 0 aliphatic carbocycles. The molecule has 0 saturated carbocycles. The third-order valence-electron chi connectivity index (χ3n) is 2.49. The van der Waals surface area contributed by atoms with Crippen LogP contribution in [0.25, 0.3) is 0 Å². The molecule has 0 atom stereocenters. The Hall–Kier alpha value is -2.35. The van der Waals surface area contributed by atoms with E-state index in [1.54, 1.807) is 5.38 Å². The molecule has 0 amide bonds. The summed E-state index contributed by atoms with van der Waals surface area (Å²) in [4.78, 5) is 14.3. The Morgan fingerprint density at radius 3 is 2.84 bits per heavy atom. The van der Waals surface area contributed by atoms with Crippen LogP contribution in [0, 0.1) is 10.1 Å². The maximum Gasteiger partial charge on any atom is 0.314 e. The molecule has 2 rings (SSSR count). The second-order valence-corrected chi connectivity index (χ2v) is 4.67. The number of methoxy groups -OCH3 is 1. The van der Waals surface area contributed by atoms with Crippen molar-refractivity contribution >= 4 is 22.2 Å². The van der Waals surface area contributed by atoms with Crippen LogP contribution >= 0.6 is 11.3 Å². The van der Waals surface area contributed by atoms with E-state index in [1.165, 1.54) is 30.6 Å². The Bertz CT molecular complexity index is 626. The molecule has 19 heavy (non-hydrogen) atoms. The molecule has 0 radical (unpaired) electrons. The lowest BCUT2D eigenvalue weighted by atomic mass is 10.1. The minimum atomic E-state index is -0.656.